The molecule has 1 fully saturated rings. The fourth-order valence-electron chi connectivity index (χ4n) is 3.08. The maximum atomic E-state index is 14.2. The molecule has 0 aliphatic carbocycles. The summed E-state index contributed by atoms with van der Waals surface area (Å²) in [6, 6.07) is 7.48. The summed E-state index contributed by atoms with van der Waals surface area (Å²) < 4.78 is 61.2. The van der Waals surface area contributed by atoms with Crippen LogP contribution in [0.4, 0.5) is 10.1 Å². The normalized spacial score (nSPS) is 14.4. The lowest BCUT2D eigenvalue weighted by molar-refractivity contribution is -0.119. The first-order chi connectivity index (χ1) is 15.8. The fraction of sp³-hybridized carbons (Fsp3) is 0.333. The minimum Gasteiger partial charge on any atom is -0.493 e. The van der Waals surface area contributed by atoms with Gasteiger partial charge in [0, 0.05) is 24.8 Å². The second-order valence-corrected chi connectivity index (χ2v) is 8.79. The molecule has 1 aliphatic rings. The van der Waals surface area contributed by atoms with E-state index in [0.29, 0.717) is 17.2 Å². The monoisotopic (exact) mass is 482 g/mol. The van der Waals surface area contributed by atoms with Crippen LogP contribution in [0.3, 0.4) is 0 Å². The standard InChI is InChI=1S/C21H23FN2O8S/c1-29-18-6-3-14(11-19(18)30-2)23-20(25)13-32-21(26)16-12-15(4-5-17(16)22)33(27,28)24-7-9-31-10-8-24/h3-6,11-12H,7-10,13H2,1-2H3,(H,23,25). The van der Waals surface area contributed by atoms with Crippen molar-refractivity contribution in [3.8, 4) is 11.5 Å². The number of morpholine rings is 1. The number of anilines is 1. The van der Waals surface area contributed by atoms with E-state index in [0.717, 1.165) is 18.2 Å². The number of hydrogen-bond donors (Lipinski definition) is 1. The molecule has 0 aromatic heterocycles. The van der Waals surface area contributed by atoms with Crippen molar-refractivity contribution in [2.45, 2.75) is 4.90 Å². The number of esters is 1. The number of nitrogens with one attached hydrogen (secondary N) is 1. The molecule has 3 rings (SSSR count). The van der Waals surface area contributed by atoms with E-state index in [1.165, 1.54) is 24.6 Å². The highest BCUT2D eigenvalue weighted by atomic mass is 32.2. The van der Waals surface area contributed by atoms with Crippen LogP contribution in [0.2, 0.25) is 0 Å². The molecule has 178 valence electrons. The Morgan fingerprint density at radius 2 is 1.76 bits per heavy atom. The highest BCUT2D eigenvalue weighted by molar-refractivity contribution is 7.89. The Morgan fingerprint density at radius 1 is 1.06 bits per heavy atom. The number of carbonyl (C=O) groups excluding carboxylic acids is 2. The van der Waals surface area contributed by atoms with E-state index in [9.17, 15) is 22.4 Å². The molecule has 1 aliphatic heterocycles. The predicted octanol–water partition coefficient (Wildman–Crippen LogP) is 1.66. The van der Waals surface area contributed by atoms with E-state index in [1.807, 2.05) is 0 Å². The Bertz CT molecular complexity index is 1130. The van der Waals surface area contributed by atoms with E-state index >= 15 is 0 Å². The van der Waals surface area contributed by atoms with Gasteiger partial charge in [0.25, 0.3) is 5.91 Å². The van der Waals surface area contributed by atoms with Crippen LogP contribution in [-0.4, -0.2) is 71.7 Å². The zero-order chi connectivity index (χ0) is 24.0. The summed E-state index contributed by atoms with van der Waals surface area (Å²) in [7, 11) is -1.04. The number of sulfonamides is 1. The second kappa shape index (κ2) is 10.6. The van der Waals surface area contributed by atoms with Gasteiger partial charge in [-0.25, -0.2) is 17.6 Å². The average Bonchev–Trinajstić information content (AvgIpc) is 2.83. The van der Waals surface area contributed by atoms with E-state index in [1.54, 1.807) is 12.1 Å². The molecule has 0 saturated carbocycles. The van der Waals surface area contributed by atoms with Crippen LogP contribution in [0.5, 0.6) is 11.5 Å². The van der Waals surface area contributed by atoms with Gasteiger partial charge in [0.1, 0.15) is 5.82 Å². The number of hydrogen-bond acceptors (Lipinski definition) is 8. The summed E-state index contributed by atoms with van der Waals surface area (Å²) in [5, 5.41) is 2.51. The van der Waals surface area contributed by atoms with E-state index in [2.05, 4.69) is 5.32 Å². The molecule has 10 nitrogen and oxygen atoms in total. The lowest BCUT2D eigenvalue weighted by Crippen LogP contribution is -2.40. The van der Waals surface area contributed by atoms with Gasteiger partial charge >= 0.3 is 5.97 Å². The molecule has 0 atom stereocenters. The van der Waals surface area contributed by atoms with E-state index in [-0.39, 0.29) is 31.2 Å². The molecule has 2 aromatic rings. The van der Waals surface area contributed by atoms with Crippen LogP contribution >= 0.6 is 0 Å². The van der Waals surface area contributed by atoms with Crippen molar-refractivity contribution in [1.82, 2.24) is 4.31 Å². The largest absolute Gasteiger partial charge is 0.493 e. The number of amides is 1. The van der Waals surface area contributed by atoms with Gasteiger partial charge in [-0.1, -0.05) is 0 Å². The number of rotatable bonds is 8. The highest BCUT2D eigenvalue weighted by Gasteiger charge is 2.28. The smallest absolute Gasteiger partial charge is 0.341 e. The van der Waals surface area contributed by atoms with E-state index in [4.69, 9.17) is 18.9 Å². The number of nitrogens with zero attached hydrogens (tertiary/aromatic N) is 1. The fourth-order valence-corrected chi connectivity index (χ4v) is 4.51. The van der Waals surface area contributed by atoms with Gasteiger partial charge in [0.2, 0.25) is 10.0 Å². The van der Waals surface area contributed by atoms with Gasteiger partial charge in [-0.2, -0.15) is 4.31 Å². The lowest BCUT2D eigenvalue weighted by Gasteiger charge is -2.26. The summed E-state index contributed by atoms with van der Waals surface area (Å²) in [4.78, 5) is 24.2. The third-order valence-corrected chi connectivity index (χ3v) is 6.66. The third kappa shape index (κ3) is 5.78. The Hall–Kier alpha value is -3.22. The molecular weight excluding hydrogens is 459 g/mol. The van der Waals surface area contributed by atoms with Crippen LogP contribution in [0.25, 0.3) is 0 Å². The van der Waals surface area contributed by atoms with E-state index < -0.39 is 39.9 Å². The van der Waals surface area contributed by atoms with Gasteiger partial charge in [-0.15, -0.1) is 0 Å². The van der Waals surface area contributed by atoms with Gasteiger partial charge < -0.3 is 24.3 Å². The summed E-state index contributed by atoms with van der Waals surface area (Å²) in [6.45, 7) is 0.0632. The van der Waals surface area contributed by atoms with Crippen LogP contribution in [0.1, 0.15) is 10.4 Å². The molecule has 0 spiro atoms. The molecule has 0 unspecified atom stereocenters. The number of halogens is 1. The number of methoxy groups -OCH3 is 2. The van der Waals surface area contributed by atoms with Crippen molar-refractivity contribution in [3.05, 3.63) is 47.8 Å². The first-order valence-corrected chi connectivity index (χ1v) is 11.3. The van der Waals surface area contributed by atoms with Crippen molar-refractivity contribution in [2.24, 2.45) is 0 Å². The summed E-state index contributed by atoms with van der Waals surface area (Å²) in [5.74, 6) is -1.99. The quantitative estimate of drug-likeness (QED) is 0.564. The molecule has 12 heteroatoms. The molecule has 1 amide bonds. The zero-order valence-corrected chi connectivity index (χ0v) is 18.8. The van der Waals surface area contributed by atoms with Crippen LogP contribution < -0.4 is 14.8 Å². The van der Waals surface area contributed by atoms with Crippen molar-refractivity contribution in [3.63, 3.8) is 0 Å². The summed E-state index contributed by atoms with van der Waals surface area (Å²) >= 11 is 0. The maximum absolute atomic E-state index is 14.2. The molecular formula is C21H23FN2O8S. The molecule has 1 saturated heterocycles. The number of carbonyl (C=O) groups is 2. The molecule has 1 N–H and O–H groups in total. The number of benzene rings is 2. The van der Waals surface area contributed by atoms with Gasteiger partial charge in [0.05, 0.1) is 37.9 Å². The second-order valence-electron chi connectivity index (χ2n) is 6.85. The molecule has 2 aromatic carbocycles. The Balaban J connectivity index is 1.66. The molecule has 0 radical (unpaired) electrons. The number of ether oxygens (including phenoxy) is 4. The minimum absolute atomic E-state index is 0.149. The SMILES string of the molecule is COc1ccc(NC(=O)COC(=O)c2cc(S(=O)(=O)N3CCOCC3)ccc2F)cc1OC. The average molecular weight is 482 g/mol. The zero-order valence-electron chi connectivity index (χ0n) is 18.0. The molecule has 1 heterocycles. The van der Waals surface area contributed by atoms with Crippen molar-refractivity contribution in [2.75, 3.05) is 52.4 Å². The molecule has 0 bridgehead atoms. The van der Waals surface area contributed by atoms with Crippen molar-refractivity contribution in [1.29, 1.82) is 0 Å². The Morgan fingerprint density at radius 3 is 2.42 bits per heavy atom. The van der Waals surface area contributed by atoms with Crippen LogP contribution in [-0.2, 0) is 24.3 Å². The van der Waals surface area contributed by atoms with Gasteiger partial charge in [-0.05, 0) is 30.3 Å². The molecule has 33 heavy (non-hydrogen) atoms. The minimum atomic E-state index is -3.94. The summed E-state index contributed by atoms with van der Waals surface area (Å²) in [5.41, 5.74) is -0.235. The van der Waals surface area contributed by atoms with Gasteiger partial charge in [-0.3, -0.25) is 4.79 Å². The Kier molecular flexibility index (Phi) is 7.84. The first kappa shape index (κ1) is 24.4. The van der Waals surface area contributed by atoms with Crippen LogP contribution in [0.15, 0.2) is 41.3 Å². The Labute approximate surface area is 190 Å². The lowest BCUT2D eigenvalue weighted by atomic mass is 10.2. The van der Waals surface area contributed by atoms with Gasteiger partial charge in [0.15, 0.2) is 18.1 Å². The van der Waals surface area contributed by atoms with Crippen LogP contribution in [0, 0.1) is 5.82 Å². The first-order valence-electron chi connectivity index (χ1n) is 9.82. The highest BCUT2D eigenvalue weighted by Crippen LogP contribution is 2.29. The van der Waals surface area contributed by atoms with Crippen molar-refractivity contribution >= 4 is 27.6 Å². The maximum Gasteiger partial charge on any atom is 0.341 e. The van der Waals surface area contributed by atoms with Crippen molar-refractivity contribution < 1.29 is 41.3 Å². The predicted molar refractivity (Wildman–Crippen MR) is 114 cm³/mol. The third-order valence-electron chi connectivity index (χ3n) is 4.77. The topological polar surface area (TPSA) is 120 Å². The summed E-state index contributed by atoms with van der Waals surface area (Å²) in [6.07, 6.45) is 0.